The third-order valence-corrected chi connectivity index (χ3v) is 12.9. The van der Waals surface area contributed by atoms with Gasteiger partial charge >= 0.3 is 24.7 Å². The van der Waals surface area contributed by atoms with E-state index in [4.69, 9.17) is 23.7 Å². The largest absolute Gasteiger partial charge is 0.509 e. The van der Waals surface area contributed by atoms with Gasteiger partial charge in [-0.25, -0.2) is 4.79 Å². The highest BCUT2D eigenvalue weighted by atomic mass is 19.4. The molecule has 7 nitrogen and oxygen atoms in total. The maximum atomic E-state index is 13.4. The molecule has 12 atom stereocenters. The second-order valence-electron chi connectivity index (χ2n) is 18.8. The Hall–Kier alpha value is -2.30. The highest BCUT2D eigenvalue weighted by Gasteiger charge is 2.58. The zero-order valence-corrected chi connectivity index (χ0v) is 35.4. The average Bonchev–Trinajstić information content (AvgIpc) is 3.96. The molecule has 0 aromatic carbocycles. The van der Waals surface area contributed by atoms with Crippen LogP contribution >= 0.6 is 0 Å². The van der Waals surface area contributed by atoms with Gasteiger partial charge in [0, 0.05) is 13.7 Å². The quantitative estimate of drug-likeness (QED) is 0.0566. The van der Waals surface area contributed by atoms with E-state index in [-0.39, 0.29) is 56.5 Å². The molecule has 0 radical (unpaired) electrons. The van der Waals surface area contributed by atoms with Crippen molar-refractivity contribution in [1.82, 2.24) is 0 Å². The first-order chi connectivity index (χ1) is 27.1. The predicted octanol–water partition coefficient (Wildman–Crippen LogP) is 12.3. The van der Waals surface area contributed by atoms with E-state index in [1.807, 2.05) is 6.08 Å². The molecule has 16 heteroatoms. The summed E-state index contributed by atoms with van der Waals surface area (Å²) in [5.74, 6) is 2.10. The number of carbonyl (C=O) groups excluding carboxylic acids is 1. The maximum absolute atomic E-state index is 13.4. The van der Waals surface area contributed by atoms with Crippen molar-refractivity contribution in [3.63, 3.8) is 0 Å². The fourth-order valence-electron chi connectivity index (χ4n) is 9.52. The van der Waals surface area contributed by atoms with E-state index in [2.05, 4.69) is 35.1 Å². The maximum Gasteiger partial charge on any atom is 0.509 e. The van der Waals surface area contributed by atoms with Crippen molar-refractivity contribution >= 4 is 6.16 Å². The average molecular weight is 863 g/mol. The van der Waals surface area contributed by atoms with E-state index in [1.54, 1.807) is 27.7 Å². The van der Waals surface area contributed by atoms with Crippen LogP contribution in [0.5, 0.6) is 0 Å². The molecule has 6 bridgehead atoms. The van der Waals surface area contributed by atoms with Crippen LogP contribution in [0, 0.1) is 53.3 Å². The molecule has 0 aromatic rings. The molecule has 59 heavy (non-hydrogen) atoms. The van der Waals surface area contributed by atoms with Gasteiger partial charge in [0.1, 0.15) is 19.2 Å². The first-order valence-corrected chi connectivity index (χ1v) is 20.6. The van der Waals surface area contributed by atoms with Crippen LogP contribution in [0.2, 0.25) is 0 Å². The van der Waals surface area contributed by atoms with E-state index in [0.717, 1.165) is 59.3 Å². The van der Waals surface area contributed by atoms with Gasteiger partial charge in [0.25, 0.3) is 0 Å². The zero-order valence-electron chi connectivity index (χ0n) is 35.4. The Balaban J connectivity index is 0.000000197. The Morgan fingerprint density at radius 2 is 0.881 bits per heavy atom. The summed E-state index contributed by atoms with van der Waals surface area (Å²) in [6.45, 7) is 9.41. The fourth-order valence-corrected chi connectivity index (χ4v) is 9.52. The summed E-state index contributed by atoms with van der Waals surface area (Å²) in [7, 11) is 1.33. The van der Waals surface area contributed by atoms with Crippen molar-refractivity contribution in [2.45, 2.75) is 147 Å². The van der Waals surface area contributed by atoms with Crippen molar-refractivity contribution in [1.29, 1.82) is 0 Å². The summed E-state index contributed by atoms with van der Waals surface area (Å²) >= 11 is 0. The fraction of sp³-hybridized carbons (Fsp3) is 0.837. The molecule has 0 amide bonds. The molecule has 6 aliphatic carbocycles. The van der Waals surface area contributed by atoms with Crippen molar-refractivity contribution in [2.24, 2.45) is 53.3 Å². The number of alkyl halides is 9. The Labute approximate surface area is 342 Å². The highest BCUT2D eigenvalue weighted by Crippen LogP contribution is 2.52. The number of rotatable bonds is 14. The van der Waals surface area contributed by atoms with Gasteiger partial charge < -0.3 is 28.4 Å². The molecule has 0 heterocycles. The van der Waals surface area contributed by atoms with Crippen LogP contribution in [0.1, 0.15) is 106 Å². The first-order valence-electron chi connectivity index (χ1n) is 20.6. The lowest BCUT2D eigenvalue weighted by Gasteiger charge is -2.35. The number of fused-ring (bicyclic) bond motifs is 6. The molecule has 6 rings (SSSR count). The van der Waals surface area contributed by atoms with Crippen LogP contribution in [0.15, 0.2) is 36.5 Å². The lowest BCUT2D eigenvalue weighted by molar-refractivity contribution is -0.297. The van der Waals surface area contributed by atoms with Crippen molar-refractivity contribution in [2.75, 3.05) is 27.3 Å². The minimum Gasteiger partial charge on any atom is -0.429 e. The van der Waals surface area contributed by atoms with Gasteiger partial charge in [-0.2, -0.15) is 39.5 Å². The van der Waals surface area contributed by atoms with E-state index >= 15 is 0 Å². The van der Waals surface area contributed by atoms with Crippen LogP contribution in [-0.4, -0.2) is 74.4 Å². The van der Waals surface area contributed by atoms with E-state index in [1.165, 1.54) is 7.11 Å². The van der Waals surface area contributed by atoms with Crippen LogP contribution in [0.4, 0.5) is 44.3 Å². The Kier molecular flexibility index (Phi) is 15.9. The molecule has 0 aliphatic heterocycles. The molecule has 12 unspecified atom stereocenters. The SMILES string of the molecule is CC(C)(C)OC(=O)OC(C)(CC1CC2C=CC1C2)C(F)(F)F.CCOCOC(C)(CC1CC2C=CC1C2)C(F)(F)F.COCOC(C)(CC1CC2C=CC1C2)C(F)(F)F. The minimum atomic E-state index is -4.63. The lowest BCUT2D eigenvalue weighted by Crippen LogP contribution is -2.48. The third-order valence-electron chi connectivity index (χ3n) is 12.9. The number of ether oxygens (including phenoxy) is 6. The Morgan fingerprint density at radius 3 is 1.15 bits per heavy atom. The number of allylic oxidation sites excluding steroid dienone is 6. The van der Waals surface area contributed by atoms with Crippen molar-refractivity contribution in [3.8, 4) is 0 Å². The molecule has 0 spiro atoms. The molecular weight excluding hydrogens is 799 g/mol. The summed E-state index contributed by atoms with van der Waals surface area (Å²) < 4.78 is 149. The number of carbonyl (C=O) groups is 1. The van der Waals surface area contributed by atoms with Crippen LogP contribution in [0.25, 0.3) is 0 Å². The predicted molar refractivity (Wildman–Crippen MR) is 202 cm³/mol. The van der Waals surface area contributed by atoms with Crippen LogP contribution in [-0.2, 0) is 28.4 Å². The third kappa shape index (κ3) is 12.9. The van der Waals surface area contributed by atoms with Crippen LogP contribution in [0.3, 0.4) is 0 Å². The first kappa shape index (κ1) is 49.4. The standard InChI is InChI=1S/C16H23F3O3.C14H21F3O2.C13H19F3O2/c1-14(2,3)21-13(20)22-15(4,16(17,18)19)9-12-8-10-5-6-11(12)7-10;1-3-18-9-19-13(2,14(15,16)17)8-12-7-10-4-5-11(12)6-10;1-12(13(14,15)16,18-8-17-2)7-11-6-9-3-4-10(11)5-9/h5-6,10-12H,7-9H2,1-4H3;4-5,10-12H,3,6-9H2,1-2H3;3-4,9-11H,5-8H2,1-2H3. The normalized spacial score (nSPS) is 32.2. The second-order valence-corrected chi connectivity index (χ2v) is 18.8. The van der Waals surface area contributed by atoms with Gasteiger partial charge in [0.2, 0.25) is 5.60 Å². The van der Waals surface area contributed by atoms with Crippen molar-refractivity contribution < 1.29 is 72.7 Å². The van der Waals surface area contributed by atoms with E-state index in [0.29, 0.717) is 36.2 Å². The van der Waals surface area contributed by atoms with E-state index < -0.39 is 47.1 Å². The van der Waals surface area contributed by atoms with Gasteiger partial charge in [-0.15, -0.1) is 0 Å². The van der Waals surface area contributed by atoms with Crippen molar-refractivity contribution in [3.05, 3.63) is 36.5 Å². The van der Waals surface area contributed by atoms with Gasteiger partial charge in [-0.3, -0.25) is 0 Å². The zero-order chi connectivity index (χ0) is 44.2. The number of hydrogen-bond acceptors (Lipinski definition) is 7. The monoisotopic (exact) mass is 862 g/mol. The van der Waals surface area contributed by atoms with Gasteiger partial charge in [0.15, 0.2) is 11.2 Å². The number of hydrogen-bond donors (Lipinski definition) is 0. The highest BCUT2D eigenvalue weighted by molar-refractivity contribution is 5.61. The molecule has 340 valence electrons. The summed E-state index contributed by atoms with van der Waals surface area (Å²) in [4.78, 5) is 11.7. The minimum absolute atomic E-state index is 0.0192. The lowest BCUT2D eigenvalue weighted by atomic mass is 9.83. The number of methoxy groups -OCH3 is 1. The Morgan fingerprint density at radius 1 is 0.525 bits per heavy atom. The second kappa shape index (κ2) is 19.0. The molecule has 3 fully saturated rings. The summed E-state index contributed by atoms with van der Waals surface area (Å²) in [5.41, 5.74) is -7.62. The summed E-state index contributed by atoms with van der Waals surface area (Å²) in [5, 5.41) is 0. The topological polar surface area (TPSA) is 72.5 Å². The molecule has 0 N–H and O–H groups in total. The smallest absolute Gasteiger partial charge is 0.429 e. The van der Waals surface area contributed by atoms with E-state index in [9.17, 15) is 44.3 Å². The molecule has 0 aromatic heterocycles. The summed E-state index contributed by atoms with van der Waals surface area (Å²) in [6, 6.07) is 0. The molecule has 0 saturated heterocycles. The molecule has 3 saturated carbocycles. The van der Waals surface area contributed by atoms with Gasteiger partial charge in [-0.05, 0) is 160 Å². The molecule has 6 aliphatic rings. The van der Waals surface area contributed by atoms with Gasteiger partial charge in [0.05, 0.1) is 0 Å². The van der Waals surface area contributed by atoms with Gasteiger partial charge in [-0.1, -0.05) is 36.5 Å². The summed E-state index contributed by atoms with van der Waals surface area (Å²) in [6.07, 6.45) is 2.98. The van der Waals surface area contributed by atoms with Crippen LogP contribution < -0.4 is 0 Å². The number of halogens is 9. The molecular formula is C43H63F9O7. The Bertz CT molecular complexity index is 1470.